The minimum absolute atomic E-state index is 0.106. The first-order valence-corrected chi connectivity index (χ1v) is 9.01. The first-order chi connectivity index (χ1) is 13.4. The van der Waals surface area contributed by atoms with Crippen molar-refractivity contribution in [2.75, 3.05) is 13.1 Å². The molecular weight excluding hydrogens is 371 g/mol. The van der Waals surface area contributed by atoms with Crippen molar-refractivity contribution in [3.8, 4) is 0 Å². The molecule has 0 unspecified atom stereocenters. The van der Waals surface area contributed by atoms with E-state index in [0.29, 0.717) is 25.9 Å². The van der Waals surface area contributed by atoms with Crippen molar-refractivity contribution in [2.24, 2.45) is 0 Å². The number of carbonyl (C=O) groups is 1. The van der Waals surface area contributed by atoms with Crippen LogP contribution in [-0.4, -0.2) is 33.4 Å². The fourth-order valence-electron chi connectivity index (χ4n) is 3.85. The number of rotatable bonds is 2. The van der Waals surface area contributed by atoms with Gasteiger partial charge in [-0.1, -0.05) is 24.3 Å². The zero-order chi connectivity index (χ0) is 19.9. The molecule has 1 aromatic heterocycles. The van der Waals surface area contributed by atoms with Crippen molar-refractivity contribution in [3.05, 3.63) is 70.1 Å². The Kier molecular flexibility index (Phi) is 4.49. The van der Waals surface area contributed by atoms with Gasteiger partial charge in [0, 0.05) is 19.1 Å². The zero-order valence-corrected chi connectivity index (χ0v) is 14.9. The van der Waals surface area contributed by atoms with E-state index < -0.39 is 17.6 Å². The van der Waals surface area contributed by atoms with Crippen LogP contribution in [0, 0.1) is 0 Å². The highest BCUT2D eigenvalue weighted by Crippen LogP contribution is 2.33. The predicted octanol–water partition coefficient (Wildman–Crippen LogP) is 3.83. The Balaban J connectivity index is 1.54. The van der Waals surface area contributed by atoms with Crippen LogP contribution >= 0.6 is 0 Å². The number of aromatic nitrogens is 2. The van der Waals surface area contributed by atoms with Crippen LogP contribution in [0.2, 0.25) is 0 Å². The van der Waals surface area contributed by atoms with Gasteiger partial charge >= 0.3 is 11.9 Å². The van der Waals surface area contributed by atoms with Crippen LogP contribution in [0.15, 0.2) is 53.3 Å². The average Bonchev–Trinajstić information content (AvgIpc) is 3.02. The van der Waals surface area contributed by atoms with E-state index >= 15 is 0 Å². The van der Waals surface area contributed by atoms with Gasteiger partial charge in [0.05, 0.1) is 22.2 Å². The van der Waals surface area contributed by atoms with Crippen molar-refractivity contribution < 1.29 is 18.0 Å². The predicted molar refractivity (Wildman–Crippen MR) is 98.2 cm³/mol. The van der Waals surface area contributed by atoms with E-state index in [1.165, 1.54) is 23.1 Å². The number of benzene rings is 2. The van der Waals surface area contributed by atoms with Crippen LogP contribution in [-0.2, 0) is 6.18 Å². The van der Waals surface area contributed by atoms with Gasteiger partial charge in [-0.25, -0.2) is 4.79 Å². The molecule has 1 aliphatic heterocycles. The Bertz CT molecular complexity index is 1080. The Labute approximate surface area is 158 Å². The number of hydrogen-bond donors (Lipinski definition) is 1. The van der Waals surface area contributed by atoms with Crippen LogP contribution in [0.25, 0.3) is 11.0 Å². The number of aromatic amines is 1. The minimum atomic E-state index is -4.58. The maximum Gasteiger partial charge on any atom is 0.417 e. The summed E-state index contributed by atoms with van der Waals surface area (Å²) in [5, 5.41) is 0. The highest BCUT2D eigenvalue weighted by molar-refractivity contribution is 5.96. The Hall–Kier alpha value is -3.03. The van der Waals surface area contributed by atoms with Gasteiger partial charge in [-0.15, -0.1) is 0 Å². The molecule has 8 heteroatoms. The molecule has 1 saturated heterocycles. The highest BCUT2D eigenvalue weighted by Gasteiger charge is 2.36. The smallest absolute Gasteiger partial charge is 0.338 e. The molecule has 1 fully saturated rings. The van der Waals surface area contributed by atoms with Crippen molar-refractivity contribution in [3.63, 3.8) is 0 Å². The van der Waals surface area contributed by atoms with Crippen molar-refractivity contribution >= 4 is 16.9 Å². The second-order valence-corrected chi connectivity index (χ2v) is 6.88. The lowest BCUT2D eigenvalue weighted by Gasteiger charge is -2.33. The molecule has 5 nitrogen and oxygen atoms in total. The van der Waals surface area contributed by atoms with E-state index in [-0.39, 0.29) is 17.3 Å². The van der Waals surface area contributed by atoms with Crippen LogP contribution in [0.5, 0.6) is 0 Å². The summed E-state index contributed by atoms with van der Waals surface area (Å²) in [7, 11) is 0. The largest absolute Gasteiger partial charge is 0.417 e. The van der Waals surface area contributed by atoms with Crippen molar-refractivity contribution in [1.29, 1.82) is 0 Å². The minimum Gasteiger partial charge on any atom is -0.338 e. The number of para-hydroxylation sites is 2. The molecule has 1 aliphatic rings. The normalized spacial score (nSPS) is 15.9. The van der Waals surface area contributed by atoms with Crippen LogP contribution in [0.4, 0.5) is 13.2 Å². The number of halogens is 3. The number of fused-ring (bicyclic) bond motifs is 1. The summed E-state index contributed by atoms with van der Waals surface area (Å²) in [6.07, 6.45) is -3.58. The van der Waals surface area contributed by atoms with E-state index in [1.54, 1.807) is 4.57 Å². The zero-order valence-electron chi connectivity index (χ0n) is 14.9. The summed E-state index contributed by atoms with van der Waals surface area (Å²) < 4.78 is 41.3. The fourth-order valence-corrected chi connectivity index (χ4v) is 3.85. The molecule has 4 rings (SSSR count). The lowest BCUT2D eigenvalue weighted by molar-refractivity contribution is -0.138. The molecule has 28 heavy (non-hydrogen) atoms. The first kappa shape index (κ1) is 18.3. The number of piperidine rings is 1. The molecule has 146 valence electrons. The molecule has 3 aromatic rings. The van der Waals surface area contributed by atoms with Gasteiger partial charge in [0.1, 0.15) is 0 Å². The summed E-state index contributed by atoms with van der Waals surface area (Å²) in [6, 6.07) is 12.1. The van der Waals surface area contributed by atoms with E-state index in [9.17, 15) is 22.8 Å². The van der Waals surface area contributed by atoms with Gasteiger partial charge in [-0.2, -0.15) is 13.2 Å². The van der Waals surface area contributed by atoms with E-state index in [4.69, 9.17) is 0 Å². The van der Waals surface area contributed by atoms with E-state index in [0.717, 1.165) is 17.1 Å². The fraction of sp³-hybridized carbons (Fsp3) is 0.300. The van der Waals surface area contributed by atoms with Gasteiger partial charge in [0.15, 0.2) is 0 Å². The lowest BCUT2D eigenvalue weighted by Crippen LogP contribution is -2.41. The van der Waals surface area contributed by atoms with Gasteiger partial charge < -0.3 is 9.88 Å². The van der Waals surface area contributed by atoms with Crippen LogP contribution < -0.4 is 5.69 Å². The third-order valence-electron chi connectivity index (χ3n) is 5.20. The number of amides is 1. The Morgan fingerprint density at radius 3 is 2.36 bits per heavy atom. The molecule has 0 atom stereocenters. The second-order valence-electron chi connectivity index (χ2n) is 6.88. The number of carbonyl (C=O) groups excluding carboxylic acids is 1. The average molecular weight is 389 g/mol. The number of nitrogens with one attached hydrogen (secondary N) is 1. The summed E-state index contributed by atoms with van der Waals surface area (Å²) >= 11 is 0. The molecule has 0 aliphatic carbocycles. The number of imidazole rings is 1. The number of nitrogens with zero attached hydrogens (tertiary/aromatic N) is 2. The maximum atomic E-state index is 13.2. The number of hydrogen-bond acceptors (Lipinski definition) is 2. The SMILES string of the molecule is O=C(c1ccccc1C(F)(F)F)N1CCC(n2c(=O)[nH]c3ccccc32)CC1. The number of H-pyrrole nitrogens is 1. The summed E-state index contributed by atoms with van der Waals surface area (Å²) in [5.41, 5.74) is 0.0610. The topological polar surface area (TPSA) is 58.1 Å². The molecule has 0 bridgehead atoms. The molecule has 0 saturated carbocycles. The monoisotopic (exact) mass is 389 g/mol. The Morgan fingerprint density at radius 1 is 1.00 bits per heavy atom. The first-order valence-electron chi connectivity index (χ1n) is 9.01. The van der Waals surface area contributed by atoms with Gasteiger partial charge in [-0.05, 0) is 37.1 Å². The Morgan fingerprint density at radius 2 is 1.64 bits per heavy atom. The summed E-state index contributed by atoms with van der Waals surface area (Å²) in [4.78, 5) is 29.3. The second kappa shape index (κ2) is 6.85. The van der Waals surface area contributed by atoms with Gasteiger partial charge in [-0.3, -0.25) is 9.36 Å². The summed E-state index contributed by atoms with van der Waals surface area (Å²) in [5.74, 6) is -0.627. The van der Waals surface area contributed by atoms with Crippen LogP contribution in [0.1, 0.15) is 34.8 Å². The highest BCUT2D eigenvalue weighted by atomic mass is 19.4. The number of likely N-dealkylation sites (tertiary alicyclic amines) is 1. The third-order valence-corrected chi connectivity index (χ3v) is 5.20. The molecular formula is C20H18F3N3O2. The maximum absolute atomic E-state index is 13.2. The number of alkyl halides is 3. The summed E-state index contributed by atoms with van der Waals surface area (Å²) in [6.45, 7) is 0.587. The van der Waals surface area contributed by atoms with Crippen LogP contribution in [0.3, 0.4) is 0 Å². The van der Waals surface area contributed by atoms with E-state index in [2.05, 4.69) is 4.98 Å². The van der Waals surface area contributed by atoms with Gasteiger partial charge in [0.25, 0.3) is 5.91 Å². The molecule has 2 aromatic carbocycles. The van der Waals surface area contributed by atoms with Crippen molar-refractivity contribution in [1.82, 2.24) is 14.5 Å². The standard InChI is InChI=1S/C20H18F3N3O2/c21-20(22,23)15-6-2-1-5-14(15)18(27)25-11-9-13(10-12-25)26-17-8-4-3-7-16(17)24-19(26)28/h1-8,13H,9-12H2,(H,24,28). The molecule has 1 amide bonds. The molecule has 2 heterocycles. The molecule has 0 radical (unpaired) electrons. The molecule has 1 N–H and O–H groups in total. The molecule has 0 spiro atoms. The quantitative estimate of drug-likeness (QED) is 0.724. The van der Waals surface area contributed by atoms with Crippen molar-refractivity contribution in [2.45, 2.75) is 25.1 Å². The lowest BCUT2D eigenvalue weighted by atomic mass is 10.0. The van der Waals surface area contributed by atoms with E-state index in [1.807, 2.05) is 24.3 Å². The third kappa shape index (κ3) is 3.19. The van der Waals surface area contributed by atoms with Gasteiger partial charge in [0.2, 0.25) is 0 Å².